The fourth-order valence-corrected chi connectivity index (χ4v) is 4.08. The van der Waals surface area contributed by atoms with E-state index < -0.39 is 11.4 Å². The maximum Gasteiger partial charge on any atom is 0.309 e. The van der Waals surface area contributed by atoms with Crippen LogP contribution in [0.5, 0.6) is 0 Å². The lowest BCUT2D eigenvalue weighted by Gasteiger charge is -2.29. The van der Waals surface area contributed by atoms with Gasteiger partial charge in [0, 0.05) is 0 Å². The van der Waals surface area contributed by atoms with Crippen molar-refractivity contribution in [1.29, 1.82) is 0 Å². The van der Waals surface area contributed by atoms with Gasteiger partial charge in [0.1, 0.15) is 0 Å². The Morgan fingerprint density at radius 1 is 0.607 bits per heavy atom. The number of hydrogen-bond acceptors (Lipinski definition) is 1. The summed E-state index contributed by atoms with van der Waals surface area (Å²) in [6.45, 7) is 6.59. The Balaban J connectivity index is 3.86. The van der Waals surface area contributed by atoms with Crippen molar-refractivity contribution in [3.63, 3.8) is 0 Å². The summed E-state index contributed by atoms with van der Waals surface area (Å²) in [7, 11) is 0. The summed E-state index contributed by atoms with van der Waals surface area (Å²) in [6.07, 6.45) is 27.0. The Labute approximate surface area is 176 Å². The molecule has 0 heterocycles. The highest BCUT2D eigenvalue weighted by atomic mass is 16.4. The number of unbranched alkanes of at least 4 members (excludes halogenated alkanes) is 12. The van der Waals surface area contributed by atoms with Crippen molar-refractivity contribution >= 4 is 5.97 Å². The number of hydrogen-bond donors (Lipinski definition) is 1. The molecule has 0 radical (unpaired) electrons. The van der Waals surface area contributed by atoms with Crippen LogP contribution in [0.25, 0.3) is 0 Å². The maximum absolute atomic E-state index is 12.0. The van der Waals surface area contributed by atoms with Gasteiger partial charge in [-0.15, -0.1) is 0 Å². The number of allylic oxidation sites excluding steroid dienone is 2. The molecular formula is C26H50O2. The van der Waals surface area contributed by atoms with E-state index in [0.717, 1.165) is 51.4 Å². The second kappa shape index (κ2) is 19.5. The molecule has 0 aromatic rings. The van der Waals surface area contributed by atoms with Crippen molar-refractivity contribution < 1.29 is 9.90 Å². The normalized spacial score (nSPS) is 12.1. The van der Waals surface area contributed by atoms with Crippen molar-refractivity contribution in [2.24, 2.45) is 5.41 Å². The van der Waals surface area contributed by atoms with E-state index in [1.807, 2.05) is 0 Å². The molecule has 2 heteroatoms. The van der Waals surface area contributed by atoms with Gasteiger partial charge in [-0.05, 0) is 44.9 Å². The fourth-order valence-electron chi connectivity index (χ4n) is 4.08. The van der Waals surface area contributed by atoms with Crippen LogP contribution in [0, 0.1) is 5.41 Å². The molecule has 0 aromatic heterocycles. The summed E-state index contributed by atoms with van der Waals surface area (Å²) in [5, 5.41) is 9.87. The standard InChI is InChI=1S/C26H50O2/c1-4-7-10-11-12-13-14-15-16-17-18-19-20-21-24-26(25(27)28,22-8-5-2)23-9-6-3/h15-16H,4-14,17-24H2,1-3H3,(H,27,28)/b16-15-. The monoisotopic (exact) mass is 394 g/mol. The van der Waals surface area contributed by atoms with E-state index in [4.69, 9.17) is 0 Å². The Bertz CT molecular complexity index is 365. The van der Waals surface area contributed by atoms with E-state index in [9.17, 15) is 9.90 Å². The third-order valence-electron chi connectivity index (χ3n) is 6.14. The van der Waals surface area contributed by atoms with Crippen molar-refractivity contribution in [1.82, 2.24) is 0 Å². The largest absolute Gasteiger partial charge is 0.481 e. The molecule has 0 fully saturated rings. The first kappa shape index (κ1) is 27.2. The van der Waals surface area contributed by atoms with Gasteiger partial charge in [-0.1, -0.05) is 110 Å². The van der Waals surface area contributed by atoms with E-state index in [-0.39, 0.29) is 0 Å². The molecule has 0 aliphatic rings. The molecule has 0 rings (SSSR count). The molecular weight excluding hydrogens is 344 g/mol. The van der Waals surface area contributed by atoms with Gasteiger partial charge < -0.3 is 5.11 Å². The number of aliphatic carboxylic acids is 1. The van der Waals surface area contributed by atoms with Gasteiger partial charge in [-0.3, -0.25) is 4.79 Å². The molecule has 1 N–H and O–H groups in total. The van der Waals surface area contributed by atoms with E-state index in [2.05, 4.69) is 32.9 Å². The number of carbonyl (C=O) groups is 1. The van der Waals surface area contributed by atoms with Crippen LogP contribution in [0.1, 0.15) is 143 Å². The summed E-state index contributed by atoms with van der Waals surface area (Å²) in [6, 6.07) is 0. The van der Waals surface area contributed by atoms with Gasteiger partial charge in [-0.25, -0.2) is 0 Å². The zero-order valence-corrected chi connectivity index (χ0v) is 19.4. The van der Waals surface area contributed by atoms with Crippen LogP contribution in [-0.4, -0.2) is 11.1 Å². The Hall–Kier alpha value is -0.790. The highest BCUT2D eigenvalue weighted by molar-refractivity contribution is 5.74. The highest BCUT2D eigenvalue weighted by Gasteiger charge is 2.36. The first-order valence-electron chi connectivity index (χ1n) is 12.5. The molecule has 2 nitrogen and oxygen atoms in total. The molecule has 0 aromatic carbocycles. The minimum Gasteiger partial charge on any atom is -0.481 e. The number of carboxylic acids is 1. The lowest BCUT2D eigenvalue weighted by atomic mass is 9.74. The molecule has 0 bridgehead atoms. The Kier molecular flexibility index (Phi) is 19.0. The quantitative estimate of drug-likeness (QED) is 0.156. The van der Waals surface area contributed by atoms with Crippen molar-refractivity contribution in [3.05, 3.63) is 12.2 Å². The maximum atomic E-state index is 12.0. The van der Waals surface area contributed by atoms with Gasteiger partial charge >= 0.3 is 5.97 Å². The third-order valence-corrected chi connectivity index (χ3v) is 6.14. The second-order valence-corrected chi connectivity index (χ2v) is 8.77. The number of rotatable bonds is 21. The van der Waals surface area contributed by atoms with Crippen molar-refractivity contribution in [2.75, 3.05) is 0 Å². The molecule has 0 saturated carbocycles. The van der Waals surface area contributed by atoms with Crippen molar-refractivity contribution in [3.8, 4) is 0 Å². The van der Waals surface area contributed by atoms with Crippen LogP contribution in [-0.2, 0) is 4.79 Å². The number of carboxylic acid groups (broad SMARTS) is 1. The predicted molar refractivity (Wildman–Crippen MR) is 124 cm³/mol. The molecule has 0 aliphatic heterocycles. The van der Waals surface area contributed by atoms with Crippen molar-refractivity contribution in [2.45, 2.75) is 143 Å². The first-order chi connectivity index (χ1) is 13.6. The van der Waals surface area contributed by atoms with Gasteiger partial charge in [0.25, 0.3) is 0 Å². The van der Waals surface area contributed by atoms with Crippen LogP contribution >= 0.6 is 0 Å². The summed E-state index contributed by atoms with van der Waals surface area (Å²) >= 11 is 0. The van der Waals surface area contributed by atoms with Gasteiger partial charge in [0.05, 0.1) is 5.41 Å². The van der Waals surface area contributed by atoms with Gasteiger partial charge in [0.15, 0.2) is 0 Å². The molecule has 0 aliphatic carbocycles. The average molecular weight is 395 g/mol. The van der Waals surface area contributed by atoms with E-state index in [1.54, 1.807) is 0 Å². The van der Waals surface area contributed by atoms with E-state index >= 15 is 0 Å². The topological polar surface area (TPSA) is 37.3 Å². The molecule has 166 valence electrons. The SMILES string of the molecule is CCCCCCCC/C=C\CCCCCCC(CCCC)(CCCC)C(=O)O. The Morgan fingerprint density at radius 2 is 1.00 bits per heavy atom. The molecule has 0 unspecified atom stereocenters. The lowest BCUT2D eigenvalue weighted by Crippen LogP contribution is -2.31. The fraction of sp³-hybridized carbons (Fsp3) is 0.885. The minimum atomic E-state index is -0.549. The average Bonchev–Trinajstić information content (AvgIpc) is 2.69. The van der Waals surface area contributed by atoms with Crippen LogP contribution in [0.4, 0.5) is 0 Å². The van der Waals surface area contributed by atoms with E-state index in [1.165, 1.54) is 70.6 Å². The van der Waals surface area contributed by atoms with Gasteiger partial charge in [0.2, 0.25) is 0 Å². The van der Waals surface area contributed by atoms with Gasteiger partial charge in [-0.2, -0.15) is 0 Å². The highest BCUT2D eigenvalue weighted by Crippen LogP contribution is 2.37. The lowest BCUT2D eigenvalue weighted by molar-refractivity contribution is -0.150. The van der Waals surface area contributed by atoms with E-state index in [0.29, 0.717) is 0 Å². The molecule has 28 heavy (non-hydrogen) atoms. The molecule has 0 spiro atoms. The summed E-state index contributed by atoms with van der Waals surface area (Å²) in [4.78, 5) is 12.0. The third kappa shape index (κ3) is 14.2. The molecule has 0 atom stereocenters. The Morgan fingerprint density at radius 3 is 1.46 bits per heavy atom. The zero-order chi connectivity index (χ0) is 20.9. The predicted octanol–water partition coefficient (Wildman–Crippen LogP) is 9.09. The van der Waals surface area contributed by atoms with Crippen LogP contribution in [0.2, 0.25) is 0 Å². The van der Waals surface area contributed by atoms with Crippen LogP contribution < -0.4 is 0 Å². The summed E-state index contributed by atoms with van der Waals surface area (Å²) in [5.74, 6) is -0.549. The summed E-state index contributed by atoms with van der Waals surface area (Å²) in [5.41, 5.74) is -0.455. The minimum absolute atomic E-state index is 0.455. The van der Waals surface area contributed by atoms with Crippen LogP contribution in [0.3, 0.4) is 0 Å². The molecule has 0 saturated heterocycles. The zero-order valence-electron chi connectivity index (χ0n) is 19.4. The van der Waals surface area contributed by atoms with Crippen LogP contribution in [0.15, 0.2) is 12.2 Å². The summed E-state index contributed by atoms with van der Waals surface area (Å²) < 4.78 is 0. The first-order valence-corrected chi connectivity index (χ1v) is 12.5. The smallest absolute Gasteiger partial charge is 0.309 e. The molecule has 0 amide bonds. The second-order valence-electron chi connectivity index (χ2n) is 8.77.